The summed E-state index contributed by atoms with van der Waals surface area (Å²) in [5, 5.41) is 12.7. The smallest absolute Gasteiger partial charge is 0.220 e. The van der Waals surface area contributed by atoms with E-state index in [1.807, 2.05) is 78.6 Å². The maximum atomic E-state index is 11.3. The molecule has 5 rings (SSSR count). The highest BCUT2D eigenvalue weighted by Gasteiger charge is 2.19. The Labute approximate surface area is 197 Å². The number of carbonyl (C=O) groups excluding carboxylic acids is 1. The molecule has 1 fully saturated rings. The lowest BCUT2D eigenvalue weighted by molar-refractivity contribution is -0.119. The van der Waals surface area contributed by atoms with E-state index in [-0.39, 0.29) is 11.9 Å². The van der Waals surface area contributed by atoms with Crippen LogP contribution in [0.5, 0.6) is 0 Å². The highest BCUT2D eigenvalue weighted by atomic mass is 35.5. The van der Waals surface area contributed by atoms with Gasteiger partial charge in [-0.15, -0.1) is 0 Å². The third-order valence-electron chi connectivity index (χ3n) is 5.86. The van der Waals surface area contributed by atoms with E-state index < -0.39 is 0 Å². The van der Waals surface area contributed by atoms with Crippen molar-refractivity contribution in [3.63, 3.8) is 0 Å². The first-order valence-electron chi connectivity index (χ1n) is 11.0. The standard InChI is InChI=1S/C26H24ClN5O/c1-32-23-14-17(15-28-16-19-11-13-24(33)29-19)10-12-21(23)26(31-32)30-22-9-5-8-20(25(22)27)18-6-3-2-4-7-18/h2-10,12,14-15,19H,11,13,16H2,1H3,(H,29,33)(H,30,31). The van der Waals surface area contributed by atoms with E-state index in [2.05, 4.69) is 26.8 Å². The van der Waals surface area contributed by atoms with Crippen molar-refractivity contribution in [2.45, 2.75) is 18.9 Å². The average Bonchev–Trinajstić information content (AvgIpc) is 3.38. The Morgan fingerprint density at radius 1 is 1.18 bits per heavy atom. The molecule has 7 heteroatoms. The molecule has 1 amide bonds. The molecule has 0 saturated carbocycles. The SMILES string of the molecule is Cn1nc(Nc2cccc(-c3ccccc3)c2Cl)c2ccc(C=NCC3CCC(=O)N3)cc21. The molecule has 1 atom stereocenters. The molecule has 6 nitrogen and oxygen atoms in total. The minimum Gasteiger partial charge on any atom is -0.351 e. The lowest BCUT2D eigenvalue weighted by Gasteiger charge is -2.11. The van der Waals surface area contributed by atoms with E-state index in [1.165, 1.54) is 0 Å². The minimum atomic E-state index is 0.112. The molecule has 0 bridgehead atoms. The van der Waals surface area contributed by atoms with E-state index in [0.717, 1.165) is 45.5 Å². The lowest BCUT2D eigenvalue weighted by Crippen LogP contribution is -2.27. The second-order valence-corrected chi connectivity index (χ2v) is 8.58. The summed E-state index contributed by atoms with van der Waals surface area (Å²) in [6.45, 7) is 0.595. The summed E-state index contributed by atoms with van der Waals surface area (Å²) >= 11 is 6.76. The van der Waals surface area contributed by atoms with Crippen LogP contribution in [0.3, 0.4) is 0 Å². The van der Waals surface area contributed by atoms with Crippen molar-refractivity contribution in [2.24, 2.45) is 12.0 Å². The number of benzene rings is 3. The maximum Gasteiger partial charge on any atom is 0.220 e. The number of hydrogen-bond acceptors (Lipinski definition) is 4. The number of carbonyl (C=O) groups is 1. The molecule has 0 spiro atoms. The first-order chi connectivity index (χ1) is 16.1. The molecule has 2 heterocycles. The summed E-state index contributed by atoms with van der Waals surface area (Å²) in [4.78, 5) is 15.8. The van der Waals surface area contributed by atoms with Crippen LogP contribution in [0.2, 0.25) is 5.02 Å². The average molecular weight is 458 g/mol. The Balaban J connectivity index is 1.38. The van der Waals surface area contributed by atoms with Crippen LogP contribution in [0.25, 0.3) is 22.0 Å². The fourth-order valence-electron chi connectivity index (χ4n) is 4.14. The molecule has 1 saturated heterocycles. The third-order valence-corrected chi connectivity index (χ3v) is 6.27. The van der Waals surface area contributed by atoms with Crippen molar-refractivity contribution in [1.29, 1.82) is 0 Å². The Morgan fingerprint density at radius 3 is 2.82 bits per heavy atom. The number of aromatic nitrogens is 2. The van der Waals surface area contributed by atoms with Crippen molar-refractivity contribution >= 4 is 46.1 Å². The summed E-state index contributed by atoms with van der Waals surface area (Å²) in [5.41, 5.74) is 4.83. The van der Waals surface area contributed by atoms with Gasteiger partial charge in [-0.1, -0.05) is 60.1 Å². The Kier molecular flexibility index (Phi) is 5.84. The van der Waals surface area contributed by atoms with Gasteiger partial charge < -0.3 is 10.6 Å². The molecule has 33 heavy (non-hydrogen) atoms. The molecule has 4 aromatic rings. The van der Waals surface area contributed by atoms with Crippen LogP contribution in [0.15, 0.2) is 71.7 Å². The van der Waals surface area contributed by atoms with Crippen molar-refractivity contribution in [3.05, 3.63) is 77.3 Å². The zero-order valence-electron chi connectivity index (χ0n) is 18.3. The highest BCUT2D eigenvalue weighted by Crippen LogP contribution is 2.36. The molecule has 1 aliphatic rings. The number of anilines is 2. The third kappa shape index (κ3) is 4.47. The zero-order chi connectivity index (χ0) is 22.8. The van der Waals surface area contributed by atoms with Gasteiger partial charge >= 0.3 is 0 Å². The van der Waals surface area contributed by atoms with E-state index in [0.29, 0.717) is 18.0 Å². The number of amides is 1. The van der Waals surface area contributed by atoms with E-state index in [4.69, 9.17) is 11.6 Å². The molecule has 1 unspecified atom stereocenters. The van der Waals surface area contributed by atoms with Crippen LogP contribution >= 0.6 is 11.6 Å². The van der Waals surface area contributed by atoms with Crippen LogP contribution < -0.4 is 10.6 Å². The van der Waals surface area contributed by atoms with Gasteiger partial charge in [-0.2, -0.15) is 5.10 Å². The topological polar surface area (TPSA) is 71.3 Å². The summed E-state index contributed by atoms with van der Waals surface area (Å²) in [6, 6.07) is 22.3. The largest absolute Gasteiger partial charge is 0.351 e. The number of nitrogens with zero attached hydrogens (tertiary/aromatic N) is 3. The molecule has 166 valence electrons. The molecule has 0 radical (unpaired) electrons. The number of halogens is 1. The molecule has 3 aromatic carbocycles. The van der Waals surface area contributed by atoms with Crippen LogP contribution in [-0.4, -0.2) is 34.5 Å². The Hall–Kier alpha value is -3.64. The fourth-order valence-corrected chi connectivity index (χ4v) is 4.43. The minimum absolute atomic E-state index is 0.112. The number of rotatable bonds is 6. The normalized spacial score (nSPS) is 15.9. The second-order valence-electron chi connectivity index (χ2n) is 8.20. The summed E-state index contributed by atoms with van der Waals surface area (Å²) in [7, 11) is 1.92. The van der Waals surface area contributed by atoms with Crippen LogP contribution in [-0.2, 0) is 11.8 Å². The molecule has 0 aliphatic carbocycles. The first-order valence-corrected chi connectivity index (χ1v) is 11.3. The maximum absolute atomic E-state index is 11.3. The van der Waals surface area contributed by atoms with Gasteiger partial charge in [0.05, 0.1) is 22.8 Å². The van der Waals surface area contributed by atoms with Gasteiger partial charge in [-0.3, -0.25) is 14.5 Å². The predicted octanol–water partition coefficient (Wildman–Crippen LogP) is 5.33. The van der Waals surface area contributed by atoms with Gasteiger partial charge in [0.15, 0.2) is 5.82 Å². The van der Waals surface area contributed by atoms with Gasteiger partial charge in [-0.05, 0) is 35.7 Å². The van der Waals surface area contributed by atoms with Gasteiger partial charge in [0.1, 0.15) is 0 Å². The van der Waals surface area contributed by atoms with Gasteiger partial charge in [0, 0.05) is 36.7 Å². The highest BCUT2D eigenvalue weighted by molar-refractivity contribution is 6.36. The quantitative estimate of drug-likeness (QED) is 0.384. The molecule has 1 aromatic heterocycles. The molecular weight excluding hydrogens is 434 g/mol. The second kappa shape index (κ2) is 9.08. The molecular formula is C26H24ClN5O. The van der Waals surface area contributed by atoms with E-state index >= 15 is 0 Å². The number of nitrogens with one attached hydrogen (secondary N) is 2. The van der Waals surface area contributed by atoms with Gasteiger partial charge in [0.2, 0.25) is 5.91 Å². The van der Waals surface area contributed by atoms with Crippen LogP contribution in [0.4, 0.5) is 11.5 Å². The Bertz CT molecular complexity index is 1350. The van der Waals surface area contributed by atoms with Crippen LogP contribution in [0, 0.1) is 0 Å². The first kappa shape index (κ1) is 21.2. The van der Waals surface area contributed by atoms with Crippen molar-refractivity contribution in [1.82, 2.24) is 15.1 Å². The van der Waals surface area contributed by atoms with E-state index in [9.17, 15) is 4.79 Å². The number of hydrogen-bond donors (Lipinski definition) is 2. The zero-order valence-corrected chi connectivity index (χ0v) is 19.0. The summed E-state index contributed by atoms with van der Waals surface area (Å²) in [6.07, 6.45) is 3.29. The lowest BCUT2D eigenvalue weighted by atomic mass is 10.0. The van der Waals surface area contributed by atoms with E-state index in [1.54, 1.807) is 0 Å². The summed E-state index contributed by atoms with van der Waals surface area (Å²) < 4.78 is 1.85. The Morgan fingerprint density at radius 2 is 2.03 bits per heavy atom. The van der Waals surface area contributed by atoms with Crippen molar-refractivity contribution in [3.8, 4) is 11.1 Å². The van der Waals surface area contributed by atoms with Gasteiger partial charge in [0.25, 0.3) is 0 Å². The van der Waals surface area contributed by atoms with Crippen molar-refractivity contribution < 1.29 is 4.79 Å². The number of aryl methyl sites for hydroxylation is 1. The summed E-state index contributed by atoms with van der Waals surface area (Å²) in [5.74, 6) is 0.859. The number of aliphatic imine (C=N–C) groups is 1. The molecule has 2 N–H and O–H groups in total. The predicted molar refractivity (Wildman–Crippen MR) is 135 cm³/mol. The fraction of sp³-hybridized carbons (Fsp3) is 0.192. The van der Waals surface area contributed by atoms with Crippen molar-refractivity contribution in [2.75, 3.05) is 11.9 Å². The molecule has 1 aliphatic heterocycles. The van der Waals surface area contributed by atoms with Crippen LogP contribution in [0.1, 0.15) is 18.4 Å². The van der Waals surface area contributed by atoms with Gasteiger partial charge in [-0.25, -0.2) is 0 Å². The monoisotopic (exact) mass is 457 g/mol. The number of fused-ring (bicyclic) bond motifs is 1.